The van der Waals surface area contributed by atoms with Crippen molar-refractivity contribution in [2.75, 3.05) is 5.32 Å². The van der Waals surface area contributed by atoms with Crippen LogP contribution in [0.4, 0.5) is 5.69 Å². The number of carbonyl (C=O) groups is 1. The molecule has 0 aliphatic heterocycles. The number of aryl methyl sites for hydroxylation is 3. The molecule has 1 N–H and O–H groups in total. The second kappa shape index (κ2) is 6.83. The van der Waals surface area contributed by atoms with Crippen molar-refractivity contribution in [3.05, 3.63) is 75.3 Å². The van der Waals surface area contributed by atoms with E-state index in [-0.39, 0.29) is 5.91 Å². The van der Waals surface area contributed by atoms with Crippen LogP contribution in [0.15, 0.2) is 48.5 Å². The van der Waals surface area contributed by atoms with Crippen molar-refractivity contribution >= 4 is 44.7 Å². The highest BCUT2D eigenvalue weighted by atomic mass is 35.5. The van der Waals surface area contributed by atoms with Gasteiger partial charge in [0.1, 0.15) is 4.83 Å². The highest BCUT2D eigenvalue weighted by molar-refractivity contribution is 7.20. The number of rotatable bonds is 3. The largest absolute Gasteiger partial charge is 0.321 e. The van der Waals surface area contributed by atoms with Crippen LogP contribution < -0.4 is 5.32 Å². The van der Waals surface area contributed by atoms with E-state index in [0.717, 1.165) is 27.2 Å². The van der Waals surface area contributed by atoms with Crippen LogP contribution in [0.3, 0.4) is 0 Å². The molecule has 27 heavy (non-hydrogen) atoms. The summed E-state index contributed by atoms with van der Waals surface area (Å²) in [4.78, 5) is 14.3. The van der Waals surface area contributed by atoms with Crippen LogP contribution in [-0.4, -0.2) is 15.7 Å². The summed E-state index contributed by atoms with van der Waals surface area (Å²) < 4.78 is 1.90. The average molecular weight is 396 g/mol. The standard InChI is InChI=1S/C21H18ClN3OS/c1-12-4-8-16(9-5-12)25-21-17(14(3)24-25)11-19(27-21)20(26)23-15-7-6-13(2)18(22)10-15/h4-11H,1-3H3,(H,23,26). The van der Waals surface area contributed by atoms with Gasteiger partial charge in [-0.1, -0.05) is 35.4 Å². The molecule has 2 aromatic heterocycles. The zero-order chi connectivity index (χ0) is 19.1. The lowest BCUT2D eigenvalue weighted by molar-refractivity contribution is 0.103. The summed E-state index contributed by atoms with van der Waals surface area (Å²) in [5, 5.41) is 9.18. The first-order chi connectivity index (χ1) is 12.9. The molecule has 0 saturated heterocycles. The molecule has 136 valence electrons. The number of anilines is 1. The van der Waals surface area contributed by atoms with E-state index in [0.29, 0.717) is 15.6 Å². The summed E-state index contributed by atoms with van der Waals surface area (Å²) in [6, 6.07) is 15.6. The molecule has 0 atom stereocenters. The predicted octanol–water partition coefficient (Wildman–Crippen LogP) is 5.92. The molecule has 0 radical (unpaired) electrons. The number of thiophene rings is 1. The zero-order valence-electron chi connectivity index (χ0n) is 15.2. The van der Waals surface area contributed by atoms with E-state index >= 15 is 0 Å². The Kier molecular flexibility index (Phi) is 4.50. The van der Waals surface area contributed by atoms with Gasteiger partial charge in [-0.15, -0.1) is 11.3 Å². The minimum Gasteiger partial charge on any atom is -0.321 e. The van der Waals surface area contributed by atoms with Gasteiger partial charge in [-0.3, -0.25) is 4.79 Å². The van der Waals surface area contributed by atoms with Crippen LogP contribution in [-0.2, 0) is 0 Å². The van der Waals surface area contributed by atoms with Crippen LogP contribution in [0.25, 0.3) is 15.9 Å². The molecule has 0 bridgehead atoms. The smallest absolute Gasteiger partial charge is 0.265 e. The fourth-order valence-electron chi connectivity index (χ4n) is 2.88. The molecule has 4 rings (SSSR count). The second-order valence-electron chi connectivity index (χ2n) is 6.58. The highest BCUT2D eigenvalue weighted by Gasteiger charge is 2.17. The number of amides is 1. The van der Waals surface area contributed by atoms with E-state index in [1.807, 2.05) is 48.9 Å². The predicted molar refractivity (Wildman–Crippen MR) is 113 cm³/mol. The Morgan fingerprint density at radius 1 is 1.07 bits per heavy atom. The van der Waals surface area contributed by atoms with E-state index < -0.39 is 0 Å². The third-order valence-electron chi connectivity index (χ3n) is 4.48. The second-order valence-corrected chi connectivity index (χ2v) is 8.02. The fraction of sp³-hybridized carbons (Fsp3) is 0.143. The zero-order valence-corrected chi connectivity index (χ0v) is 16.8. The molecule has 6 heteroatoms. The number of hydrogen-bond donors (Lipinski definition) is 1. The minimum atomic E-state index is -0.147. The first-order valence-corrected chi connectivity index (χ1v) is 9.75. The molecule has 2 heterocycles. The number of nitrogens with zero attached hydrogens (tertiary/aromatic N) is 2. The summed E-state index contributed by atoms with van der Waals surface area (Å²) in [6.45, 7) is 5.94. The van der Waals surface area contributed by atoms with Crippen LogP contribution >= 0.6 is 22.9 Å². The molecule has 0 fully saturated rings. The van der Waals surface area contributed by atoms with Crippen LogP contribution in [0.5, 0.6) is 0 Å². The quantitative estimate of drug-likeness (QED) is 0.468. The van der Waals surface area contributed by atoms with Crippen molar-refractivity contribution < 1.29 is 4.79 Å². The van der Waals surface area contributed by atoms with Crippen LogP contribution in [0.1, 0.15) is 26.5 Å². The monoisotopic (exact) mass is 395 g/mol. The van der Waals surface area contributed by atoms with Gasteiger partial charge in [-0.25, -0.2) is 4.68 Å². The molecular formula is C21H18ClN3OS. The van der Waals surface area contributed by atoms with Crippen LogP contribution in [0, 0.1) is 20.8 Å². The Balaban J connectivity index is 1.68. The maximum Gasteiger partial charge on any atom is 0.265 e. The molecule has 0 saturated carbocycles. The lowest BCUT2D eigenvalue weighted by Crippen LogP contribution is -2.10. The third kappa shape index (κ3) is 3.36. The van der Waals surface area contributed by atoms with Gasteiger partial charge in [0.25, 0.3) is 5.91 Å². The average Bonchev–Trinajstić information content (AvgIpc) is 3.20. The number of hydrogen-bond acceptors (Lipinski definition) is 3. The molecule has 0 spiro atoms. The maximum atomic E-state index is 12.7. The Bertz CT molecular complexity index is 1160. The topological polar surface area (TPSA) is 46.9 Å². The summed E-state index contributed by atoms with van der Waals surface area (Å²) >= 11 is 7.58. The van der Waals surface area contributed by atoms with Gasteiger partial charge < -0.3 is 5.32 Å². The van der Waals surface area contributed by atoms with E-state index in [1.165, 1.54) is 16.9 Å². The number of benzene rings is 2. The SMILES string of the molecule is Cc1ccc(-n2nc(C)c3cc(C(=O)Nc4ccc(C)c(Cl)c4)sc32)cc1. The molecule has 1 amide bonds. The Hall–Kier alpha value is -2.63. The lowest BCUT2D eigenvalue weighted by atomic mass is 10.2. The van der Waals surface area contributed by atoms with Crippen molar-refractivity contribution in [3.63, 3.8) is 0 Å². The van der Waals surface area contributed by atoms with Crippen molar-refractivity contribution in [1.82, 2.24) is 9.78 Å². The van der Waals surface area contributed by atoms with Crippen LogP contribution in [0.2, 0.25) is 5.02 Å². The Morgan fingerprint density at radius 3 is 2.52 bits per heavy atom. The first kappa shape index (κ1) is 17.8. The van der Waals surface area contributed by atoms with Gasteiger partial charge in [0.2, 0.25) is 0 Å². The number of carbonyl (C=O) groups excluding carboxylic acids is 1. The molecule has 0 unspecified atom stereocenters. The minimum absolute atomic E-state index is 0.147. The fourth-order valence-corrected chi connectivity index (χ4v) is 4.14. The van der Waals surface area contributed by atoms with Crippen molar-refractivity contribution in [1.29, 1.82) is 0 Å². The maximum absolute atomic E-state index is 12.7. The number of fused-ring (bicyclic) bond motifs is 1. The molecule has 4 aromatic rings. The van der Waals surface area contributed by atoms with Crippen molar-refractivity contribution in [2.45, 2.75) is 20.8 Å². The molecule has 0 aliphatic rings. The highest BCUT2D eigenvalue weighted by Crippen LogP contribution is 2.31. The van der Waals surface area contributed by atoms with Gasteiger partial charge >= 0.3 is 0 Å². The van der Waals surface area contributed by atoms with E-state index in [4.69, 9.17) is 11.6 Å². The summed E-state index contributed by atoms with van der Waals surface area (Å²) in [5.41, 5.74) is 4.74. The van der Waals surface area contributed by atoms with Gasteiger partial charge in [0, 0.05) is 16.1 Å². The number of aromatic nitrogens is 2. The lowest BCUT2D eigenvalue weighted by Gasteiger charge is -2.05. The number of halogens is 1. The van der Waals surface area contributed by atoms with E-state index in [2.05, 4.69) is 29.5 Å². The first-order valence-electron chi connectivity index (χ1n) is 8.56. The van der Waals surface area contributed by atoms with E-state index in [9.17, 15) is 4.79 Å². The van der Waals surface area contributed by atoms with Gasteiger partial charge in [0.15, 0.2) is 0 Å². The number of nitrogens with one attached hydrogen (secondary N) is 1. The normalized spacial score (nSPS) is 11.1. The molecule has 2 aromatic carbocycles. The van der Waals surface area contributed by atoms with Gasteiger partial charge in [0.05, 0.1) is 16.3 Å². The summed E-state index contributed by atoms with van der Waals surface area (Å²) in [6.07, 6.45) is 0. The third-order valence-corrected chi connectivity index (χ3v) is 5.99. The summed E-state index contributed by atoms with van der Waals surface area (Å²) in [5.74, 6) is -0.147. The van der Waals surface area contributed by atoms with Crippen molar-refractivity contribution in [2.24, 2.45) is 0 Å². The molecule has 0 aliphatic carbocycles. The molecule has 4 nitrogen and oxygen atoms in total. The summed E-state index contributed by atoms with van der Waals surface area (Å²) in [7, 11) is 0. The van der Waals surface area contributed by atoms with Crippen molar-refractivity contribution in [3.8, 4) is 5.69 Å². The Morgan fingerprint density at radius 2 is 1.81 bits per heavy atom. The molecular weight excluding hydrogens is 378 g/mol. The Labute approximate surface area is 166 Å². The van der Waals surface area contributed by atoms with E-state index in [1.54, 1.807) is 6.07 Å². The van der Waals surface area contributed by atoms with Gasteiger partial charge in [-0.2, -0.15) is 5.10 Å². The van der Waals surface area contributed by atoms with Gasteiger partial charge in [-0.05, 0) is 56.7 Å².